The summed E-state index contributed by atoms with van der Waals surface area (Å²) in [6.07, 6.45) is 1.03. The molecule has 17 nitrogen and oxygen atoms in total. The van der Waals surface area contributed by atoms with Gasteiger partial charge in [-0.25, -0.2) is 9.78 Å². The minimum atomic E-state index is -1.67. The van der Waals surface area contributed by atoms with Crippen molar-refractivity contribution in [1.29, 1.82) is 0 Å². The van der Waals surface area contributed by atoms with Crippen LogP contribution in [0.15, 0.2) is 70.8 Å². The molecular formula is C30H28N7NaO10S. The number of carbonyl (C=O) groups excluding carboxylic acids is 5. The molecule has 1 fully saturated rings. The molecule has 5 rings (SSSR count). The third-order valence-electron chi connectivity index (χ3n) is 7.38. The number of phenols is 2. The Bertz CT molecular complexity index is 1870. The van der Waals surface area contributed by atoms with E-state index in [1.54, 1.807) is 12.1 Å². The number of carboxylic acid groups (broad SMARTS) is 1. The maximum atomic E-state index is 13.9. The zero-order valence-corrected chi connectivity index (χ0v) is 28.9. The second-order valence-electron chi connectivity index (χ2n) is 10.6. The molecule has 0 saturated carbocycles. The van der Waals surface area contributed by atoms with Crippen LogP contribution in [0, 0.1) is 0 Å². The first-order valence-electron chi connectivity index (χ1n) is 14.2. The molecule has 1 saturated heterocycles. The Labute approximate surface area is 303 Å². The summed E-state index contributed by atoms with van der Waals surface area (Å²) in [5.74, 6) is -4.12. The summed E-state index contributed by atoms with van der Waals surface area (Å²) in [7, 11) is 0. The number of aromatic hydroxyl groups is 2. The van der Waals surface area contributed by atoms with Gasteiger partial charge in [0.05, 0.1) is 17.9 Å². The van der Waals surface area contributed by atoms with Crippen LogP contribution in [0.25, 0.3) is 0 Å². The molecule has 2 aliphatic rings. The third kappa shape index (κ3) is 7.99. The van der Waals surface area contributed by atoms with Crippen LogP contribution in [0.2, 0.25) is 0 Å². The van der Waals surface area contributed by atoms with Gasteiger partial charge in [-0.3, -0.25) is 34.0 Å². The number of aliphatic carboxylic acids is 1. The second kappa shape index (κ2) is 15.5. The van der Waals surface area contributed by atoms with Gasteiger partial charge in [0.15, 0.2) is 0 Å². The number of benzene rings is 2. The van der Waals surface area contributed by atoms with Crippen molar-refractivity contribution in [3.63, 3.8) is 0 Å². The number of nitrogens with zero attached hydrogens (tertiary/aromatic N) is 3. The van der Waals surface area contributed by atoms with Gasteiger partial charge in [-0.15, -0.1) is 11.8 Å². The summed E-state index contributed by atoms with van der Waals surface area (Å²) >= 11 is 1.10. The number of nitrogens with one attached hydrogen (secondary N) is 3. The van der Waals surface area contributed by atoms with Gasteiger partial charge in [-0.1, -0.05) is 24.3 Å². The fourth-order valence-corrected chi connectivity index (χ4v) is 6.44. The van der Waals surface area contributed by atoms with E-state index in [1.165, 1.54) is 36.4 Å². The number of phenolic OH excluding ortho intramolecular Hbond substituents is 2. The summed E-state index contributed by atoms with van der Waals surface area (Å²) in [5, 5.41) is 35.8. The van der Waals surface area contributed by atoms with Crippen LogP contribution in [-0.4, -0.2) is 78.6 Å². The molecule has 3 aromatic rings. The molecule has 0 bridgehead atoms. The SMILES string of the molecule is CC(=O)OCC1=C(C(=O)[O-])N2C(=O)C(NC(=O)C(c3ccc(O)cc3)N(C(N)=O)c3cnc(NCc4ccc(O)cc4)[nH]c3=O)[C@@H]2SC1.[Na+]. The first kappa shape index (κ1) is 36.8. The zero-order chi connectivity index (χ0) is 34.7. The van der Waals surface area contributed by atoms with Gasteiger partial charge in [0, 0.05) is 24.8 Å². The minimum Gasteiger partial charge on any atom is -0.543 e. The Kier molecular flexibility index (Phi) is 11.6. The fraction of sp³-hybridized carbons (Fsp3) is 0.233. The van der Waals surface area contributed by atoms with Gasteiger partial charge in [0.1, 0.15) is 41.3 Å². The number of thioether (sulfide) groups is 1. The largest absolute Gasteiger partial charge is 1.00 e. The number of aromatic amines is 1. The maximum absolute atomic E-state index is 13.9. The monoisotopic (exact) mass is 701 g/mol. The van der Waals surface area contributed by atoms with Gasteiger partial charge in [-0.2, -0.15) is 0 Å². The van der Waals surface area contributed by atoms with E-state index in [4.69, 9.17) is 10.5 Å². The molecule has 7 N–H and O–H groups in total. The number of anilines is 2. The summed E-state index contributed by atoms with van der Waals surface area (Å²) in [4.78, 5) is 84.8. The van der Waals surface area contributed by atoms with Crippen LogP contribution in [0.3, 0.4) is 0 Å². The Morgan fingerprint density at radius 1 is 1.12 bits per heavy atom. The smallest absolute Gasteiger partial charge is 0.543 e. The number of fused-ring (bicyclic) bond motifs is 1. The Morgan fingerprint density at radius 3 is 2.33 bits per heavy atom. The van der Waals surface area contributed by atoms with Gasteiger partial charge < -0.3 is 41.2 Å². The minimum absolute atomic E-state index is 0. The predicted octanol–water partition coefficient (Wildman–Crippen LogP) is -3.61. The first-order valence-corrected chi connectivity index (χ1v) is 15.2. The van der Waals surface area contributed by atoms with Gasteiger partial charge in [0.25, 0.3) is 11.5 Å². The van der Waals surface area contributed by atoms with E-state index in [9.17, 15) is 44.1 Å². The first-order chi connectivity index (χ1) is 22.8. The number of ether oxygens (including phenoxy) is 1. The van der Waals surface area contributed by atoms with Crippen LogP contribution < -0.4 is 61.5 Å². The number of amides is 4. The summed E-state index contributed by atoms with van der Waals surface area (Å²) < 4.78 is 4.91. The number of hydrogen-bond donors (Lipinski definition) is 6. The van der Waals surface area contributed by atoms with Crippen LogP contribution in [0.4, 0.5) is 16.4 Å². The van der Waals surface area contributed by atoms with Gasteiger partial charge in [0.2, 0.25) is 11.9 Å². The van der Waals surface area contributed by atoms with Crippen LogP contribution in [0.5, 0.6) is 11.5 Å². The topological polar surface area (TPSA) is 260 Å². The standard InChI is InChI=1S/C30H29N7O10S.Na/c1-14(38)47-12-17-13-48-27-21(26(43)37(27)23(17)28(44)45)34-25(42)22(16-4-8-19(40)9-5-16)36(29(31)46)20-11-33-30(35-24(20)41)32-10-15-2-6-18(39)7-3-15;/h2-9,11,21-22,27,39-40H,10,12-13H2,1H3,(H2,31,46)(H,34,42)(H,44,45)(H2,32,33,35,41);/q;+1/p-1/t21?,22?,27-;/m0./s1. The number of aromatic nitrogens is 2. The number of rotatable bonds is 11. The van der Waals surface area contributed by atoms with Gasteiger partial charge in [-0.05, 0) is 35.4 Å². The van der Waals surface area contributed by atoms with E-state index in [2.05, 4.69) is 20.6 Å². The molecule has 0 aliphatic carbocycles. The fourth-order valence-electron chi connectivity index (χ4n) is 5.11. The average molecular weight is 702 g/mol. The maximum Gasteiger partial charge on any atom is 1.00 e. The molecule has 0 radical (unpaired) electrons. The van der Waals surface area contributed by atoms with Crippen LogP contribution >= 0.6 is 11.8 Å². The van der Waals surface area contributed by atoms with Gasteiger partial charge >= 0.3 is 41.6 Å². The summed E-state index contributed by atoms with van der Waals surface area (Å²) in [6, 6.07) is 7.23. The van der Waals surface area contributed by atoms with E-state index < -0.39 is 64.2 Å². The number of hydrogen-bond acceptors (Lipinski definition) is 13. The second-order valence-corrected chi connectivity index (χ2v) is 11.7. The van der Waals surface area contributed by atoms with Crippen LogP contribution in [-0.2, 0) is 30.5 Å². The summed E-state index contributed by atoms with van der Waals surface area (Å²) in [6.45, 7) is 0.989. The molecule has 49 heavy (non-hydrogen) atoms. The van der Waals surface area contributed by atoms with Crippen molar-refractivity contribution in [1.82, 2.24) is 20.2 Å². The summed E-state index contributed by atoms with van der Waals surface area (Å²) in [5.41, 5.74) is 4.94. The molecular weight excluding hydrogens is 673 g/mol. The number of carbonyl (C=O) groups is 5. The molecule has 3 heterocycles. The molecule has 2 unspecified atom stereocenters. The third-order valence-corrected chi connectivity index (χ3v) is 8.72. The Morgan fingerprint density at radius 2 is 1.76 bits per heavy atom. The normalized spacial score (nSPS) is 17.1. The number of urea groups is 1. The number of β-lactam (4-membered cyclic amide) rings is 1. The van der Waals surface area contributed by atoms with Crippen LogP contribution in [0.1, 0.15) is 24.1 Å². The molecule has 250 valence electrons. The molecule has 4 amide bonds. The molecule has 2 aliphatic heterocycles. The molecule has 2 aromatic carbocycles. The van der Waals surface area contributed by atoms with Crippen molar-refractivity contribution in [2.75, 3.05) is 22.6 Å². The van der Waals surface area contributed by atoms with Crippen molar-refractivity contribution in [3.8, 4) is 11.5 Å². The number of nitrogens with two attached hydrogens (primary N) is 1. The molecule has 0 spiro atoms. The van der Waals surface area contributed by atoms with E-state index in [1.807, 2.05) is 0 Å². The van der Waals surface area contributed by atoms with Crippen molar-refractivity contribution in [2.45, 2.75) is 30.9 Å². The van der Waals surface area contributed by atoms with Crippen molar-refractivity contribution >= 4 is 53.2 Å². The zero-order valence-electron chi connectivity index (χ0n) is 26.0. The Hall–Kier alpha value is -5.04. The number of esters is 1. The van der Waals surface area contributed by atoms with E-state index in [0.29, 0.717) is 4.90 Å². The predicted molar refractivity (Wildman–Crippen MR) is 167 cm³/mol. The number of H-pyrrole nitrogens is 1. The number of carboxylic acids is 1. The van der Waals surface area contributed by atoms with Crippen molar-refractivity contribution in [2.24, 2.45) is 5.73 Å². The molecule has 1 aromatic heterocycles. The number of primary amides is 1. The van der Waals surface area contributed by atoms with Crippen molar-refractivity contribution < 1.29 is 73.6 Å². The molecule has 19 heteroatoms. The molecule has 3 atom stereocenters. The van der Waals surface area contributed by atoms with Crippen molar-refractivity contribution in [3.05, 3.63) is 87.5 Å². The quantitative estimate of drug-likeness (QED) is 0.0642. The Balaban J connectivity index is 0.00000541. The van der Waals surface area contributed by atoms with E-state index in [-0.39, 0.29) is 77.0 Å². The average Bonchev–Trinajstić information content (AvgIpc) is 3.05. The van der Waals surface area contributed by atoms with E-state index in [0.717, 1.165) is 35.3 Å². The van der Waals surface area contributed by atoms with E-state index >= 15 is 0 Å².